The molecule has 8 heteroatoms. The zero-order chi connectivity index (χ0) is 19.0. The number of hydrogen-bond donors (Lipinski definition) is 1. The van der Waals surface area contributed by atoms with Gasteiger partial charge in [-0.05, 0) is 43.5 Å². The summed E-state index contributed by atoms with van der Waals surface area (Å²) in [5.74, 6) is 0.841. The Labute approximate surface area is 159 Å². The average molecular weight is 383 g/mol. The highest BCUT2D eigenvalue weighted by Gasteiger charge is 2.32. The van der Waals surface area contributed by atoms with Gasteiger partial charge in [-0.2, -0.15) is 5.10 Å². The summed E-state index contributed by atoms with van der Waals surface area (Å²) >= 11 is 1.52. The van der Waals surface area contributed by atoms with Crippen molar-refractivity contribution >= 4 is 22.9 Å². The number of ether oxygens (including phenoxy) is 2. The first-order valence-electron chi connectivity index (χ1n) is 8.31. The number of fused-ring (bicyclic) bond motifs is 1. The molecule has 1 aliphatic rings. The van der Waals surface area contributed by atoms with Gasteiger partial charge in [0, 0.05) is 17.8 Å². The number of benzene rings is 1. The monoisotopic (exact) mass is 383 g/mol. The third-order valence-corrected chi connectivity index (χ3v) is 5.18. The van der Waals surface area contributed by atoms with Crippen molar-refractivity contribution in [2.24, 2.45) is 0 Å². The Morgan fingerprint density at radius 1 is 1.19 bits per heavy atom. The minimum absolute atomic E-state index is 0.160. The molecule has 0 spiro atoms. The fourth-order valence-corrected chi connectivity index (χ4v) is 3.41. The summed E-state index contributed by atoms with van der Waals surface area (Å²) in [5, 5.41) is 9.17. The highest BCUT2D eigenvalue weighted by atomic mass is 32.1. The van der Waals surface area contributed by atoms with Crippen LogP contribution in [-0.4, -0.2) is 22.5 Å². The van der Waals surface area contributed by atoms with Crippen LogP contribution in [0.15, 0.2) is 52.6 Å². The van der Waals surface area contributed by atoms with Crippen LogP contribution in [0.25, 0.3) is 10.6 Å². The quantitative estimate of drug-likeness (QED) is 0.749. The van der Waals surface area contributed by atoms with Crippen LogP contribution in [0.2, 0.25) is 0 Å². The maximum atomic E-state index is 12.9. The third kappa shape index (κ3) is 3.19. The minimum Gasteiger partial charge on any atom is -0.454 e. The van der Waals surface area contributed by atoms with E-state index in [1.807, 2.05) is 17.5 Å². The highest BCUT2D eigenvalue weighted by Crippen LogP contribution is 2.34. The standard InChI is InChI=1S/C19H17N3O4S/c1-19(2,18(24)20-12-5-7-14-15(10-12)26-11-25-14)22-17(23)8-6-13(21-22)16-4-3-9-27-16/h3-10H,11H2,1-2H3,(H,20,24). The van der Waals surface area contributed by atoms with Crippen LogP contribution in [0, 0.1) is 0 Å². The molecule has 0 radical (unpaired) electrons. The molecule has 1 amide bonds. The predicted molar refractivity (Wildman–Crippen MR) is 102 cm³/mol. The van der Waals surface area contributed by atoms with Gasteiger partial charge in [0.05, 0.1) is 4.88 Å². The summed E-state index contributed by atoms with van der Waals surface area (Å²) in [6.07, 6.45) is 0. The molecule has 7 nitrogen and oxygen atoms in total. The number of thiophene rings is 1. The van der Waals surface area contributed by atoms with E-state index in [4.69, 9.17) is 9.47 Å². The first-order valence-corrected chi connectivity index (χ1v) is 9.19. The van der Waals surface area contributed by atoms with Gasteiger partial charge in [-0.15, -0.1) is 11.3 Å². The zero-order valence-electron chi connectivity index (χ0n) is 14.8. The van der Waals surface area contributed by atoms with Gasteiger partial charge < -0.3 is 14.8 Å². The SMILES string of the molecule is CC(C)(C(=O)Nc1ccc2c(c1)OCO2)n1nc(-c2cccs2)ccc1=O. The first-order chi connectivity index (χ1) is 12.9. The summed E-state index contributed by atoms with van der Waals surface area (Å²) in [5.41, 5.74) is -0.338. The molecule has 0 unspecified atom stereocenters. The van der Waals surface area contributed by atoms with Gasteiger partial charge in [-0.25, -0.2) is 4.68 Å². The molecule has 2 aromatic heterocycles. The maximum Gasteiger partial charge on any atom is 0.267 e. The Hall–Kier alpha value is -3.13. The van der Waals surface area contributed by atoms with E-state index in [0.717, 1.165) is 4.88 Å². The molecule has 0 aliphatic carbocycles. The molecule has 0 fully saturated rings. The van der Waals surface area contributed by atoms with Crippen molar-refractivity contribution in [2.45, 2.75) is 19.4 Å². The molecule has 0 saturated carbocycles. The molecule has 1 aliphatic heterocycles. The van der Waals surface area contributed by atoms with Crippen LogP contribution < -0.4 is 20.3 Å². The van der Waals surface area contributed by atoms with Crippen LogP contribution in [0.4, 0.5) is 5.69 Å². The van der Waals surface area contributed by atoms with E-state index < -0.39 is 5.54 Å². The van der Waals surface area contributed by atoms with E-state index in [9.17, 15) is 9.59 Å². The summed E-state index contributed by atoms with van der Waals surface area (Å²) < 4.78 is 11.8. The number of hydrogen-bond acceptors (Lipinski definition) is 6. The molecule has 4 rings (SSSR count). The van der Waals surface area contributed by atoms with Crippen molar-refractivity contribution in [3.8, 4) is 22.1 Å². The summed E-state index contributed by atoms with van der Waals surface area (Å²) in [4.78, 5) is 26.2. The summed E-state index contributed by atoms with van der Waals surface area (Å²) in [6.45, 7) is 3.47. The average Bonchev–Trinajstić information content (AvgIpc) is 3.33. The van der Waals surface area contributed by atoms with Crippen molar-refractivity contribution in [1.29, 1.82) is 0 Å². The second-order valence-corrected chi connectivity index (χ2v) is 7.47. The van der Waals surface area contributed by atoms with Crippen LogP contribution in [0.5, 0.6) is 11.5 Å². The van der Waals surface area contributed by atoms with Gasteiger partial charge in [0.2, 0.25) is 6.79 Å². The van der Waals surface area contributed by atoms with E-state index in [1.165, 1.54) is 22.1 Å². The number of rotatable bonds is 4. The molecule has 27 heavy (non-hydrogen) atoms. The largest absolute Gasteiger partial charge is 0.454 e. The maximum absolute atomic E-state index is 12.9. The Balaban J connectivity index is 1.63. The number of anilines is 1. The van der Waals surface area contributed by atoms with Crippen molar-refractivity contribution in [3.05, 3.63) is 58.2 Å². The minimum atomic E-state index is -1.19. The smallest absolute Gasteiger partial charge is 0.267 e. The van der Waals surface area contributed by atoms with Gasteiger partial charge in [0.15, 0.2) is 11.5 Å². The van der Waals surface area contributed by atoms with Crippen LogP contribution in [0.3, 0.4) is 0 Å². The van der Waals surface area contributed by atoms with E-state index in [2.05, 4.69) is 10.4 Å². The van der Waals surface area contributed by atoms with E-state index in [-0.39, 0.29) is 18.3 Å². The third-order valence-electron chi connectivity index (χ3n) is 4.29. The normalized spacial score (nSPS) is 12.8. The Kier molecular flexibility index (Phi) is 4.19. The van der Waals surface area contributed by atoms with Crippen molar-refractivity contribution < 1.29 is 14.3 Å². The van der Waals surface area contributed by atoms with Crippen LogP contribution >= 0.6 is 11.3 Å². The van der Waals surface area contributed by atoms with Gasteiger partial charge in [-0.3, -0.25) is 9.59 Å². The van der Waals surface area contributed by atoms with E-state index >= 15 is 0 Å². The lowest BCUT2D eigenvalue weighted by atomic mass is 10.0. The fraction of sp³-hybridized carbons (Fsp3) is 0.211. The molecule has 0 bridgehead atoms. The molecule has 3 aromatic rings. The number of carbonyl (C=O) groups is 1. The van der Waals surface area contributed by atoms with E-state index in [1.54, 1.807) is 38.1 Å². The van der Waals surface area contributed by atoms with Crippen molar-refractivity contribution in [2.75, 3.05) is 12.1 Å². The molecule has 138 valence electrons. The van der Waals surface area contributed by atoms with Crippen LogP contribution in [-0.2, 0) is 10.3 Å². The number of carbonyl (C=O) groups excluding carboxylic acids is 1. The second kappa shape index (κ2) is 6.55. The number of nitrogens with one attached hydrogen (secondary N) is 1. The molecular formula is C19H17N3O4S. The summed E-state index contributed by atoms with van der Waals surface area (Å²) in [7, 11) is 0. The highest BCUT2D eigenvalue weighted by molar-refractivity contribution is 7.13. The first kappa shape index (κ1) is 17.3. The van der Waals surface area contributed by atoms with Gasteiger partial charge in [-0.1, -0.05) is 6.07 Å². The molecule has 0 atom stereocenters. The Morgan fingerprint density at radius 3 is 2.78 bits per heavy atom. The Morgan fingerprint density at radius 2 is 2.00 bits per heavy atom. The molecule has 0 saturated heterocycles. The lowest BCUT2D eigenvalue weighted by molar-refractivity contribution is -0.123. The zero-order valence-corrected chi connectivity index (χ0v) is 15.6. The molecule has 1 aromatic carbocycles. The van der Waals surface area contributed by atoms with Crippen molar-refractivity contribution in [3.63, 3.8) is 0 Å². The molecular weight excluding hydrogens is 366 g/mol. The lowest BCUT2D eigenvalue weighted by Gasteiger charge is -2.25. The van der Waals surface area contributed by atoms with Crippen molar-refractivity contribution in [1.82, 2.24) is 9.78 Å². The topological polar surface area (TPSA) is 82.4 Å². The molecule has 3 heterocycles. The van der Waals surface area contributed by atoms with Gasteiger partial charge >= 0.3 is 0 Å². The number of nitrogens with zero attached hydrogens (tertiary/aromatic N) is 2. The van der Waals surface area contributed by atoms with E-state index in [0.29, 0.717) is 22.9 Å². The lowest BCUT2D eigenvalue weighted by Crippen LogP contribution is -2.47. The number of amides is 1. The van der Waals surface area contributed by atoms with Gasteiger partial charge in [0.1, 0.15) is 11.2 Å². The van der Waals surface area contributed by atoms with Gasteiger partial charge in [0.25, 0.3) is 11.5 Å². The fourth-order valence-electron chi connectivity index (χ4n) is 2.72. The molecule has 1 N–H and O–H groups in total. The number of aromatic nitrogens is 2. The summed E-state index contributed by atoms with van der Waals surface area (Å²) in [6, 6.07) is 12.1. The van der Waals surface area contributed by atoms with Crippen LogP contribution in [0.1, 0.15) is 13.8 Å². The second-order valence-electron chi connectivity index (χ2n) is 6.53. The predicted octanol–water partition coefficient (Wildman–Crippen LogP) is 3.07. The Bertz CT molecular complexity index is 1060.